The summed E-state index contributed by atoms with van der Waals surface area (Å²) in [7, 11) is 1.59. The molecule has 3 rings (SSSR count). The first-order chi connectivity index (χ1) is 16.4. The zero-order valence-corrected chi connectivity index (χ0v) is 19.6. The van der Waals surface area contributed by atoms with Gasteiger partial charge < -0.3 is 30.2 Å². The van der Waals surface area contributed by atoms with Gasteiger partial charge in [-0.3, -0.25) is 14.4 Å². The average molecular weight is 471 g/mol. The molecule has 34 heavy (non-hydrogen) atoms. The van der Waals surface area contributed by atoms with Gasteiger partial charge in [0.2, 0.25) is 5.91 Å². The standard InChI is InChI=1S/C25H34N4O5/c1-3-7-20-23(18(30)15-33-20)29(2)25(32)22(16-8-5-4-6-9-16)28-24(31)21-11-10-19(34-21)17(14-27)12-13-26/h3,10-11,13-14,16-17,20,22-23,26-27H,1,4-9,12,15H2,2H3,(H,28,31). The van der Waals surface area contributed by atoms with Crippen molar-refractivity contribution in [2.45, 2.75) is 69.1 Å². The van der Waals surface area contributed by atoms with Crippen LogP contribution in [-0.4, -0.2) is 66.8 Å². The summed E-state index contributed by atoms with van der Waals surface area (Å²) in [6.45, 7) is 3.67. The molecule has 2 fully saturated rings. The predicted octanol–water partition coefficient (Wildman–Crippen LogP) is 3.10. The first kappa shape index (κ1) is 25.6. The van der Waals surface area contributed by atoms with Gasteiger partial charge in [-0.25, -0.2) is 0 Å². The number of likely N-dealkylation sites (N-methyl/N-ethyl adjacent to an activating group) is 1. The minimum Gasteiger partial charge on any atom is -0.455 e. The Morgan fingerprint density at radius 3 is 2.65 bits per heavy atom. The van der Waals surface area contributed by atoms with Gasteiger partial charge >= 0.3 is 0 Å². The van der Waals surface area contributed by atoms with Crippen LogP contribution in [0.15, 0.2) is 29.2 Å². The molecular formula is C25H34N4O5. The van der Waals surface area contributed by atoms with Gasteiger partial charge in [0.15, 0.2) is 11.5 Å². The third kappa shape index (κ3) is 5.70. The molecule has 4 atom stereocenters. The molecule has 184 valence electrons. The highest BCUT2D eigenvalue weighted by Gasteiger charge is 2.43. The number of ether oxygens (including phenoxy) is 1. The maximum absolute atomic E-state index is 13.6. The van der Waals surface area contributed by atoms with Crippen molar-refractivity contribution in [3.05, 3.63) is 36.3 Å². The number of nitrogens with one attached hydrogen (secondary N) is 3. The van der Waals surface area contributed by atoms with E-state index in [0.717, 1.165) is 32.1 Å². The molecule has 9 heteroatoms. The highest BCUT2D eigenvalue weighted by molar-refractivity contribution is 5.97. The lowest BCUT2D eigenvalue weighted by atomic mass is 9.83. The van der Waals surface area contributed by atoms with Gasteiger partial charge in [-0.05, 0) is 49.9 Å². The monoisotopic (exact) mass is 470 g/mol. The molecule has 2 heterocycles. The summed E-state index contributed by atoms with van der Waals surface area (Å²) in [5.74, 6) is -0.975. The van der Waals surface area contributed by atoms with Crippen LogP contribution in [0.1, 0.15) is 67.2 Å². The van der Waals surface area contributed by atoms with Crippen LogP contribution in [0.2, 0.25) is 0 Å². The molecule has 1 saturated heterocycles. The highest BCUT2D eigenvalue weighted by atomic mass is 16.5. The lowest BCUT2D eigenvalue weighted by Gasteiger charge is -2.35. The second kappa shape index (κ2) is 11.9. The van der Waals surface area contributed by atoms with E-state index in [-0.39, 0.29) is 30.0 Å². The Kier molecular flexibility index (Phi) is 8.92. The third-order valence-electron chi connectivity index (χ3n) is 6.75. The van der Waals surface area contributed by atoms with Crippen molar-refractivity contribution in [1.82, 2.24) is 10.2 Å². The molecule has 0 radical (unpaired) electrons. The Bertz CT molecular complexity index is 920. The van der Waals surface area contributed by atoms with E-state index >= 15 is 0 Å². The lowest BCUT2D eigenvalue weighted by Crippen LogP contribution is -2.56. The molecule has 2 amide bonds. The quantitative estimate of drug-likeness (QED) is 0.337. The van der Waals surface area contributed by atoms with Crippen LogP contribution >= 0.6 is 0 Å². The normalized spacial score (nSPS) is 22.6. The Labute approximate surface area is 199 Å². The number of furan rings is 1. The summed E-state index contributed by atoms with van der Waals surface area (Å²) in [6.07, 6.45) is 9.03. The van der Waals surface area contributed by atoms with E-state index < -0.39 is 30.0 Å². The number of amides is 2. The summed E-state index contributed by atoms with van der Waals surface area (Å²) in [6, 6.07) is 1.64. The van der Waals surface area contributed by atoms with Gasteiger partial charge in [-0.2, -0.15) is 0 Å². The zero-order valence-electron chi connectivity index (χ0n) is 19.6. The molecule has 1 aromatic rings. The summed E-state index contributed by atoms with van der Waals surface area (Å²) in [5.41, 5.74) is 0. The minimum absolute atomic E-state index is 0.0374. The topological polar surface area (TPSA) is 137 Å². The molecule has 1 saturated carbocycles. The van der Waals surface area contributed by atoms with Crippen LogP contribution in [0, 0.1) is 16.7 Å². The van der Waals surface area contributed by atoms with Crippen molar-refractivity contribution in [2.24, 2.45) is 5.92 Å². The van der Waals surface area contributed by atoms with Gasteiger partial charge in [0.25, 0.3) is 5.91 Å². The van der Waals surface area contributed by atoms with Gasteiger partial charge in [-0.1, -0.05) is 25.3 Å². The molecule has 0 bridgehead atoms. The second-order valence-electron chi connectivity index (χ2n) is 9.00. The maximum Gasteiger partial charge on any atom is 0.287 e. The van der Waals surface area contributed by atoms with Crippen LogP contribution in [0.25, 0.3) is 0 Å². The van der Waals surface area contributed by atoms with Crippen molar-refractivity contribution in [2.75, 3.05) is 13.7 Å². The van der Waals surface area contributed by atoms with Crippen LogP contribution in [-0.2, 0) is 14.3 Å². The Morgan fingerprint density at radius 2 is 2.00 bits per heavy atom. The summed E-state index contributed by atoms with van der Waals surface area (Å²) in [4.78, 5) is 40.6. The van der Waals surface area contributed by atoms with Crippen molar-refractivity contribution in [3.8, 4) is 0 Å². The molecule has 0 aromatic carbocycles. The summed E-state index contributed by atoms with van der Waals surface area (Å²) < 4.78 is 11.2. The number of ketones is 1. The van der Waals surface area contributed by atoms with E-state index in [2.05, 4.69) is 11.9 Å². The fraction of sp³-hybridized carbons (Fsp3) is 0.560. The Morgan fingerprint density at radius 1 is 1.26 bits per heavy atom. The summed E-state index contributed by atoms with van der Waals surface area (Å²) >= 11 is 0. The lowest BCUT2D eigenvalue weighted by molar-refractivity contribution is -0.140. The molecule has 1 aliphatic heterocycles. The Hall–Kier alpha value is -3.07. The smallest absolute Gasteiger partial charge is 0.287 e. The molecule has 0 spiro atoms. The van der Waals surface area contributed by atoms with Crippen LogP contribution in [0.5, 0.6) is 0 Å². The van der Waals surface area contributed by atoms with Crippen LogP contribution < -0.4 is 5.32 Å². The fourth-order valence-corrected chi connectivity index (χ4v) is 4.88. The number of nitrogens with zero attached hydrogens (tertiary/aromatic N) is 1. The number of hydrogen-bond acceptors (Lipinski definition) is 7. The minimum atomic E-state index is -0.788. The fourth-order valence-electron chi connectivity index (χ4n) is 4.88. The first-order valence-electron chi connectivity index (χ1n) is 11.8. The van der Waals surface area contributed by atoms with E-state index in [9.17, 15) is 14.4 Å². The largest absolute Gasteiger partial charge is 0.455 e. The van der Waals surface area contributed by atoms with Crippen molar-refractivity contribution in [1.29, 1.82) is 10.8 Å². The van der Waals surface area contributed by atoms with E-state index in [1.165, 1.54) is 23.4 Å². The van der Waals surface area contributed by atoms with Crippen molar-refractivity contribution < 1.29 is 23.5 Å². The SMILES string of the molecule is C=CCC1OCC(=O)C1N(C)C(=O)C(NC(=O)c1ccc(C(C=N)CC=N)o1)C1CCCCC1. The van der Waals surface area contributed by atoms with E-state index in [0.29, 0.717) is 18.6 Å². The van der Waals surface area contributed by atoms with Gasteiger partial charge in [0, 0.05) is 13.3 Å². The number of rotatable bonds is 11. The molecule has 1 aliphatic carbocycles. The number of carbonyl (C=O) groups excluding carboxylic acids is 3. The van der Waals surface area contributed by atoms with Gasteiger partial charge in [-0.15, -0.1) is 6.58 Å². The maximum atomic E-state index is 13.6. The molecule has 3 N–H and O–H groups in total. The third-order valence-corrected chi connectivity index (χ3v) is 6.75. The number of Topliss-reactive ketones (excluding diaryl/α,β-unsaturated/α-hetero) is 1. The van der Waals surface area contributed by atoms with E-state index in [1.807, 2.05) is 0 Å². The predicted molar refractivity (Wildman–Crippen MR) is 128 cm³/mol. The van der Waals surface area contributed by atoms with Gasteiger partial charge in [0.05, 0.1) is 12.0 Å². The average Bonchev–Trinajstić information content (AvgIpc) is 3.48. The number of carbonyl (C=O) groups is 3. The Balaban J connectivity index is 1.80. The molecular weight excluding hydrogens is 436 g/mol. The molecule has 4 unspecified atom stereocenters. The van der Waals surface area contributed by atoms with E-state index in [4.69, 9.17) is 20.0 Å². The van der Waals surface area contributed by atoms with E-state index in [1.54, 1.807) is 19.2 Å². The van der Waals surface area contributed by atoms with Gasteiger partial charge in [0.1, 0.15) is 24.5 Å². The summed E-state index contributed by atoms with van der Waals surface area (Å²) in [5, 5.41) is 17.7. The van der Waals surface area contributed by atoms with Crippen molar-refractivity contribution in [3.63, 3.8) is 0 Å². The van der Waals surface area contributed by atoms with Crippen LogP contribution in [0.3, 0.4) is 0 Å². The number of hydrogen-bond donors (Lipinski definition) is 3. The first-order valence-corrected chi connectivity index (χ1v) is 11.8. The highest BCUT2D eigenvalue weighted by Crippen LogP contribution is 2.29. The van der Waals surface area contributed by atoms with Crippen LogP contribution in [0.4, 0.5) is 0 Å². The molecule has 9 nitrogen and oxygen atoms in total. The second-order valence-corrected chi connectivity index (χ2v) is 9.00. The molecule has 1 aromatic heterocycles. The zero-order chi connectivity index (χ0) is 24.7. The van der Waals surface area contributed by atoms with Crippen molar-refractivity contribution >= 4 is 30.0 Å². The molecule has 2 aliphatic rings.